The van der Waals surface area contributed by atoms with E-state index in [-0.39, 0.29) is 0 Å². The zero-order valence-electron chi connectivity index (χ0n) is 18.9. The third-order valence-corrected chi connectivity index (χ3v) is 8.09. The van der Waals surface area contributed by atoms with Crippen molar-refractivity contribution >= 4 is 28.0 Å². The molecule has 0 atom stereocenters. The normalized spacial score (nSPS) is 24.6. The van der Waals surface area contributed by atoms with Crippen LogP contribution in [0.2, 0.25) is 0 Å². The van der Waals surface area contributed by atoms with Gasteiger partial charge in [-0.2, -0.15) is 9.61 Å². The highest BCUT2D eigenvalue weighted by molar-refractivity contribution is 7.13. The Morgan fingerprint density at radius 3 is 2.59 bits per heavy atom. The highest BCUT2D eigenvalue weighted by atomic mass is 32.1. The lowest BCUT2D eigenvalue weighted by molar-refractivity contribution is -0.0738. The monoisotopic (exact) mass is 467 g/mol. The van der Waals surface area contributed by atoms with Crippen LogP contribution in [0.4, 0.5) is 0 Å². The molecule has 0 radical (unpaired) electrons. The minimum absolute atomic E-state index is 0.471. The lowest BCUT2D eigenvalue weighted by atomic mass is 9.63. The molecule has 0 bridgehead atoms. The van der Waals surface area contributed by atoms with Gasteiger partial charge in [-0.1, -0.05) is 30.3 Å². The Labute approximate surface area is 201 Å². The Morgan fingerprint density at radius 2 is 1.91 bits per heavy atom. The quantitative estimate of drug-likeness (QED) is 0.377. The first-order valence-electron chi connectivity index (χ1n) is 11.7. The molecule has 0 unspecified atom stereocenters. The largest absolute Gasteiger partial charge is 0.390 e. The van der Waals surface area contributed by atoms with Gasteiger partial charge >= 0.3 is 0 Å². The first kappa shape index (κ1) is 20.3. The number of benzene rings is 1. The van der Waals surface area contributed by atoms with E-state index >= 15 is 0 Å². The molecule has 5 aromatic rings. The molecular formula is C27H25N5OS. The molecule has 2 fully saturated rings. The van der Waals surface area contributed by atoms with E-state index < -0.39 is 11.1 Å². The van der Waals surface area contributed by atoms with Gasteiger partial charge in [-0.3, -0.25) is 0 Å². The molecule has 0 amide bonds. The van der Waals surface area contributed by atoms with Crippen molar-refractivity contribution in [3.63, 3.8) is 0 Å². The molecule has 3 N–H and O–H groups in total. The molecule has 2 aliphatic carbocycles. The first-order chi connectivity index (χ1) is 16.4. The van der Waals surface area contributed by atoms with E-state index in [9.17, 15) is 5.11 Å². The topological polar surface area (TPSA) is 89.3 Å². The molecule has 7 rings (SSSR count). The van der Waals surface area contributed by atoms with E-state index in [1.807, 2.05) is 17.6 Å². The van der Waals surface area contributed by atoms with Gasteiger partial charge in [0, 0.05) is 45.1 Å². The second-order valence-corrected chi connectivity index (χ2v) is 11.2. The van der Waals surface area contributed by atoms with Gasteiger partial charge in [0.15, 0.2) is 11.3 Å². The van der Waals surface area contributed by atoms with Crippen molar-refractivity contribution < 1.29 is 5.11 Å². The standard InChI is InChI=1S/C27H25N5OS/c1-26(33)14-27(28,15-26)19-8-6-17(7-9-19)24-20(22-3-2-10-34-22)11-18-13-29-23-12-21(16-4-5-16)31-32(23)25(18)30-24/h2-3,6-13,16,33H,4-5,14-15,28H2,1H3/t26-,27+. The highest BCUT2D eigenvalue weighted by Crippen LogP contribution is 2.46. The van der Waals surface area contributed by atoms with Crippen molar-refractivity contribution in [2.24, 2.45) is 5.73 Å². The number of aromatic nitrogens is 4. The number of hydrogen-bond acceptors (Lipinski definition) is 6. The molecule has 6 nitrogen and oxygen atoms in total. The highest BCUT2D eigenvalue weighted by Gasteiger charge is 2.49. The second kappa shape index (κ2) is 6.95. The fraction of sp³-hybridized carbons (Fsp3) is 0.296. The summed E-state index contributed by atoms with van der Waals surface area (Å²) in [5.41, 5.74) is 12.3. The third-order valence-electron chi connectivity index (χ3n) is 7.18. The van der Waals surface area contributed by atoms with E-state index in [2.05, 4.69) is 58.9 Å². The fourth-order valence-electron chi connectivity index (χ4n) is 5.45. The molecule has 4 aromatic heterocycles. The Balaban J connectivity index is 1.39. The predicted molar refractivity (Wildman–Crippen MR) is 135 cm³/mol. The Hall–Kier alpha value is -3.13. The molecule has 170 valence electrons. The number of nitrogens with zero attached hydrogens (tertiary/aromatic N) is 4. The van der Waals surface area contributed by atoms with Crippen LogP contribution in [0.15, 0.2) is 60.1 Å². The number of hydrogen-bond donors (Lipinski definition) is 2. The molecule has 4 heterocycles. The molecule has 34 heavy (non-hydrogen) atoms. The number of thiophene rings is 1. The smallest absolute Gasteiger partial charge is 0.165 e. The number of aliphatic hydroxyl groups is 1. The van der Waals surface area contributed by atoms with E-state index in [4.69, 9.17) is 15.8 Å². The van der Waals surface area contributed by atoms with Crippen LogP contribution in [0.1, 0.15) is 49.8 Å². The first-order valence-corrected chi connectivity index (χ1v) is 12.6. The molecule has 0 spiro atoms. The van der Waals surface area contributed by atoms with E-state index in [1.54, 1.807) is 11.3 Å². The van der Waals surface area contributed by atoms with E-state index in [0.717, 1.165) is 49.6 Å². The lowest BCUT2D eigenvalue weighted by Crippen LogP contribution is -2.58. The Morgan fingerprint density at radius 1 is 1.12 bits per heavy atom. The SMILES string of the molecule is C[C@]1(O)C[C@](N)(c2ccc(-c3nc4c(cnc5cc(C6CC6)nn54)cc3-c3cccs3)cc2)C1. The van der Waals surface area contributed by atoms with Crippen LogP contribution in [0, 0.1) is 0 Å². The number of rotatable bonds is 4. The second-order valence-electron chi connectivity index (χ2n) is 10.2. The molecule has 7 heteroatoms. The molecule has 2 saturated carbocycles. The zero-order chi connectivity index (χ0) is 23.1. The number of fused-ring (bicyclic) bond motifs is 3. The summed E-state index contributed by atoms with van der Waals surface area (Å²) in [6.45, 7) is 1.85. The van der Waals surface area contributed by atoms with Gasteiger partial charge in [0.2, 0.25) is 0 Å². The van der Waals surface area contributed by atoms with Crippen LogP contribution in [-0.4, -0.2) is 30.3 Å². The van der Waals surface area contributed by atoms with Crippen LogP contribution in [0.25, 0.3) is 38.4 Å². The van der Waals surface area contributed by atoms with Crippen LogP contribution < -0.4 is 5.73 Å². The van der Waals surface area contributed by atoms with Crippen molar-refractivity contribution in [2.75, 3.05) is 0 Å². The van der Waals surface area contributed by atoms with Crippen LogP contribution in [0.5, 0.6) is 0 Å². The van der Waals surface area contributed by atoms with Gasteiger partial charge in [-0.25, -0.2) is 9.97 Å². The Bertz CT molecular complexity index is 1540. The van der Waals surface area contributed by atoms with Crippen molar-refractivity contribution in [3.05, 3.63) is 71.4 Å². The maximum atomic E-state index is 10.2. The van der Waals surface area contributed by atoms with Crippen molar-refractivity contribution in [1.82, 2.24) is 19.6 Å². The zero-order valence-corrected chi connectivity index (χ0v) is 19.7. The molecule has 1 aromatic carbocycles. The lowest BCUT2D eigenvalue weighted by Gasteiger charge is -2.49. The maximum Gasteiger partial charge on any atom is 0.165 e. The number of pyridine rings is 1. The Kier molecular flexibility index (Phi) is 4.14. The summed E-state index contributed by atoms with van der Waals surface area (Å²) in [5.74, 6) is 0.560. The molecule has 0 aliphatic heterocycles. The number of nitrogens with two attached hydrogens (primary N) is 1. The summed E-state index contributed by atoms with van der Waals surface area (Å²) < 4.78 is 1.89. The third kappa shape index (κ3) is 3.19. The van der Waals surface area contributed by atoms with Gasteiger partial charge < -0.3 is 10.8 Å². The van der Waals surface area contributed by atoms with Gasteiger partial charge in [0.25, 0.3) is 0 Å². The van der Waals surface area contributed by atoms with Gasteiger partial charge in [-0.15, -0.1) is 11.3 Å². The molecular weight excluding hydrogens is 442 g/mol. The minimum Gasteiger partial charge on any atom is -0.390 e. The molecule has 2 aliphatic rings. The van der Waals surface area contributed by atoms with E-state index in [1.165, 1.54) is 12.8 Å². The summed E-state index contributed by atoms with van der Waals surface area (Å²) in [5, 5.41) is 18.1. The van der Waals surface area contributed by atoms with Gasteiger partial charge in [0.1, 0.15) is 0 Å². The minimum atomic E-state index is -0.678. The van der Waals surface area contributed by atoms with Crippen molar-refractivity contribution in [3.8, 4) is 21.7 Å². The fourth-order valence-corrected chi connectivity index (χ4v) is 6.19. The van der Waals surface area contributed by atoms with Crippen LogP contribution in [0.3, 0.4) is 0 Å². The maximum absolute atomic E-state index is 10.2. The summed E-state index contributed by atoms with van der Waals surface area (Å²) in [7, 11) is 0. The van der Waals surface area contributed by atoms with Gasteiger partial charge in [0.05, 0.1) is 17.0 Å². The summed E-state index contributed by atoms with van der Waals surface area (Å²) in [6.07, 6.45) is 5.45. The summed E-state index contributed by atoms with van der Waals surface area (Å²) in [4.78, 5) is 11.0. The van der Waals surface area contributed by atoms with Gasteiger partial charge in [-0.05, 0) is 55.7 Å². The van der Waals surface area contributed by atoms with Crippen LogP contribution in [-0.2, 0) is 5.54 Å². The average molecular weight is 468 g/mol. The molecule has 0 saturated heterocycles. The van der Waals surface area contributed by atoms with Crippen molar-refractivity contribution in [1.29, 1.82) is 0 Å². The summed E-state index contributed by atoms with van der Waals surface area (Å²) >= 11 is 1.70. The van der Waals surface area contributed by atoms with E-state index in [0.29, 0.717) is 18.8 Å². The predicted octanol–water partition coefficient (Wildman–Crippen LogP) is 5.25. The van der Waals surface area contributed by atoms with Crippen LogP contribution >= 0.6 is 11.3 Å². The summed E-state index contributed by atoms with van der Waals surface area (Å²) in [6, 6.07) is 16.8. The average Bonchev–Trinajstić information content (AvgIpc) is 3.33. The van der Waals surface area contributed by atoms with Crippen molar-refractivity contribution in [2.45, 2.75) is 49.7 Å².